The van der Waals surface area contributed by atoms with E-state index in [2.05, 4.69) is 40.1 Å². The van der Waals surface area contributed by atoms with Gasteiger partial charge in [-0.1, -0.05) is 34.1 Å². The Labute approximate surface area is 83.3 Å². The summed E-state index contributed by atoms with van der Waals surface area (Å²) in [5.41, 5.74) is 1.01. The zero-order valence-electron chi connectivity index (χ0n) is 9.91. The van der Waals surface area contributed by atoms with E-state index in [0.717, 1.165) is 5.92 Å². The van der Waals surface area contributed by atoms with Crippen LogP contribution in [0.15, 0.2) is 0 Å². The first-order chi connectivity index (χ1) is 5.98. The van der Waals surface area contributed by atoms with Crippen LogP contribution in [0.1, 0.15) is 47.0 Å². The van der Waals surface area contributed by atoms with Gasteiger partial charge in [-0.2, -0.15) is 0 Å². The molecular formula is C12H25N. The number of nitrogens with one attached hydrogen (secondary N) is 1. The van der Waals surface area contributed by atoms with Gasteiger partial charge in [-0.25, -0.2) is 0 Å². The predicted molar refractivity (Wildman–Crippen MR) is 58.8 cm³/mol. The molecule has 0 amide bonds. The van der Waals surface area contributed by atoms with Crippen molar-refractivity contribution in [3.05, 3.63) is 0 Å². The van der Waals surface area contributed by atoms with Crippen LogP contribution >= 0.6 is 0 Å². The Kier molecular flexibility index (Phi) is 3.06. The van der Waals surface area contributed by atoms with Gasteiger partial charge in [-0.05, 0) is 36.6 Å². The van der Waals surface area contributed by atoms with Gasteiger partial charge in [-0.3, -0.25) is 0 Å². The summed E-state index contributed by atoms with van der Waals surface area (Å²) in [7, 11) is 2.08. The average molecular weight is 183 g/mol. The van der Waals surface area contributed by atoms with E-state index in [4.69, 9.17) is 0 Å². The van der Waals surface area contributed by atoms with Gasteiger partial charge in [-0.15, -0.1) is 0 Å². The highest BCUT2D eigenvalue weighted by atomic mass is 14.8. The molecule has 1 heteroatoms. The van der Waals surface area contributed by atoms with Gasteiger partial charge in [0.2, 0.25) is 0 Å². The third-order valence-electron chi connectivity index (χ3n) is 4.60. The second-order valence-corrected chi connectivity index (χ2v) is 5.48. The zero-order valence-corrected chi connectivity index (χ0v) is 9.91. The van der Waals surface area contributed by atoms with Crippen molar-refractivity contribution >= 4 is 0 Å². The van der Waals surface area contributed by atoms with Crippen LogP contribution in [0.25, 0.3) is 0 Å². The molecule has 13 heavy (non-hydrogen) atoms. The highest BCUT2D eigenvalue weighted by Crippen LogP contribution is 2.56. The van der Waals surface area contributed by atoms with E-state index in [0.29, 0.717) is 10.8 Å². The Morgan fingerprint density at radius 1 is 1.31 bits per heavy atom. The van der Waals surface area contributed by atoms with Gasteiger partial charge in [0.05, 0.1) is 0 Å². The molecule has 0 spiro atoms. The Morgan fingerprint density at radius 3 is 2.38 bits per heavy atom. The van der Waals surface area contributed by atoms with E-state index >= 15 is 0 Å². The number of rotatable bonds is 3. The maximum absolute atomic E-state index is 3.37. The Hall–Kier alpha value is -0.0400. The van der Waals surface area contributed by atoms with Crippen molar-refractivity contribution in [1.82, 2.24) is 5.32 Å². The van der Waals surface area contributed by atoms with E-state index < -0.39 is 0 Å². The Balaban J connectivity index is 2.84. The van der Waals surface area contributed by atoms with Crippen LogP contribution in [0.5, 0.6) is 0 Å². The highest BCUT2D eigenvalue weighted by molar-refractivity contribution is 5.00. The van der Waals surface area contributed by atoms with Gasteiger partial charge in [0.1, 0.15) is 0 Å². The number of hydrogen-bond donors (Lipinski definition) is 1. The smallest absolute Gasteiger partial charge is 0.000993 e. The molecule has 2 unspecified atom stereocenters. The van der Waals surface area contributed by atoms with E-state index in [9.17, 15) is 0 Å². The summed E-state index contributed by atoms with van der Waals surface area (Å²) in [4.78, 5) is 0. The van der Waals surface area contributed by atoms with Gasteiger partial charge >= 0.3 is 0 Å². The maximum Gasteiger partial charge on any atom is 0.000993 e. The van der Waals surface area contributed by atoms with Crippen LogP contribution in [0, 0.1) is 16.7 Å². The molecule has 0 saturated heterocycles. The summed E-state index contributed by atoms with van der Waals surface area (Å²) in [6, 6.07) is 0. The lowest BCUT2D eigenvalue weighted by Crippen LogP contribution is -2.42. The SMILES string of the molecule is CCC1CCC(C)(C)C1(C)CNC. The van der Waals surface area contributed by atoms with Crippen LogP contribution in [-0.2, 0) is 0 Å². The summed E-state index contributed by atoms with van der Waals surface area (Å²) in [5, 5.41) is 3.37. The minimum absolute atomic E-state index is 0.497. The molecule has 1 saturated carbocycles. The fraction of sp³-hybridized carbons (Fsp3) is 1.00. The average Bonchev–Trinajstić information content (AvgIpc) is 2.25. The van der Waals surface area contributed by atoms with E-state index in [1.54, 1.807) is 0 Å². The molecule has 1 aliphatic carbocycles. The molecular weight excluding hydrogens is 158 g/mol. The normalized spacial score (nSPS) is 38.1. The summed E-state index contributed by atoms with van der Waals surface area (Å²) < 4.78 is 0. The number of hydrogen-bond acceptors (Lipinski definition) is 1. The predicted octanol–water partition coefficient (Wildman–Crippen LogP) is 3.06. The van der Waals surface area contributed by atoms with Crippen molar-refractivity contribution in [3.8, 4) is 0 Å². The van der Waals surface area contributed by atoms with Crippen molar-refractivity contribution in [3.63, 3.8) is 0 Å². The summed E-state index contributed by atoms with van der Waals surface area (Å²) in [5.74, 6) is 0.912. The molecule has 2 atom stereocenters. The molecule has 1 aliphatic rings. The lowest BCUT2D eigenvalue weighted by Gasteiger charge is -2.42. The van der Waals surface area contributed by atoms with E-state index in [1.807, 2.05) is 0 Å². The van der Waals surface area contributed by atoms with E-state index in [1.165, 1.54) is 25.8 Å². The van der Waals surface area contributed by atoms with Crippen molar-refractivity contribution in [2.75, 3.05) is 13.6 Å². The summed E-state index contributed by atoms with van der Waals surface area (Å²) >= 11 is 0. The second kappa shape index (κ2) is 3.61. The third-order valence-corrected chi connectivity index (χ3v) is 4.60. The molecule has 0 radical (unpaired) electrons. The maximum atomic E-state index is 3.37. The van der Waals surface area contributed by atoms with E-state index in [-0.39, 0.29) is 0 Å². The monoisotopic (exact) mass is 183 g/mol. The molecule has 1 rings (SSSR count). The molecule has 1 nitrogen and oxygen atoms in total. The quantitative estimate of drug-likeness (QED) is 0.709. The molecule has 0 aromatic carbocycles. The van der Waals surface area contributed by atoms with Gasteiger partial charge in [0.25, 0.3) is 0 Å². The molecule has 0 bridgehead atoms. The van der Waals surface area contributed by atoms with Crippen molar-refractivity contribution in [1.29, 1.82) is 0 Å². The first-order valence-corrected chi connectivity index (χ1v) is 5.62. The highest BCUT2D eigenvalue weighted by Gasteiger charge is 2.50. The largest absolute Gasteiger partial charge is 0.319 e. The Bertz CT molecular complexity index is 174. The first-order valence-electron chi connectivity index (χ1n) is 5.62. The fourth-order valence-electron chi connectivity index (χ4n) is 3.10. The van der Waals surface area contributed by atoms with Crippen LogP contribution in [-0.4, -0.2) is 13.6 Å². The molecule has 0 aromatic rings. The first kappa shape index (κ1) is 11.0. The van der Waals surface area contributed by atoms with Crippen LogP contribution in [0.2, 0.25) is 0 Å². The van der Waals surface area contributed by atoms with Crippen LogP contribution < -0.4 is 5.32 Å². The standard InChI is InChI=1S/C12H25N/c1-6-10-7-8-11(2,3)12(10,4)9-13-5/h10,13H,6-9H2,1-5H3. The minimum atomic E-state index is 0.497. The van der Waals surface area contributed by atoms with Gasteiger partial charge in [0.15, 0.2) is 0 Å². The summed E-state index contributed by atoms with van der Waals surface area (Å²) in [6.07, 6.45) is 4.15. The summed E-state index contributed by atoms with van der Waals surface area (Å²) in [6.45, 7) is 10.8. The van der Waals surface area contributed by atoms with Gasteiger partial charge < -0.3 is 5.32 Å². The van der Waals surface area contributed by atoms with Crippen LogP contribution in [0.4, 0.5) is 0 Å². The molecule has 0 aromatic heterocycles. The molecule has 0 aliphatic heterocycles. The zero-order chi connectivity index (χ0) is 10.1. The fourth-order valence-corrected chi connectivity index (χ4v) is 3.10. The second-order valence-electron chi connectivity index (χ2n) is 5.48. The van der Waals surface area contributed by atoms with Gasteiger partial charge in [0, 0.05) is 6.54 Å². The molecule has 0 heterocycles. The molecule has 1 N–H and O–H groups in total. The molecule has 1 fully saturated rings. The lowest BCUT2D eigenvalue weighted by molar-refractivity contribution is 0.0829. The topological polar surface area (TPSA) is 12.0 Å². The molecule has 78 valence electrons. The van der Waals surface area contributed by atoms with Crippen molar-refractivity contribution < 1.29 is 0 Å². The minimum Gasteiger partial charge on any atom is -0.319 e. The van der Waals surface area contributed by atoms with Crippen molar-refractivity contribution in [2.24, 2.45) is 16.7 Å². The van der Waals surface area contributed by atoms with Crippen molar-refractivity contribution in [2.45, 2.75) is 47.0 Å². The third kappa shape index (κ3) is 1.63. The van der Waals surface area contributed by atoms with Crippen LogP contribution in [0.3, 0.4) is 0 Å². The Morgan fingerprint density at radius 2 is 1.92 bits per heavy atom. The lowest BCUT2D eigenvalue weighted by atomic mass is 9.65.